The summed E-state index contributed by atoms with van der Waals surface area (Å²) >= 11 is 1.38. The Morgan fingerprint density at radius 1 is 1.07 bits per heavy atom. The number of halogens is 1. The van der Waals surface area contributed by atoms with E-state index in [9.17, 15) is 14.0 Å². The van der Waals surface area contributed by atoms with Gasteiger partial charge in [0, 0.05) is 16.5 Å². The van der Waals surface area contributed by atoms with Crippen molar-refractivity contribution in [1.82, 2.24) is 5.32 Å². The van der Waals surface area contributed by atoms with E-state index in [4.69, 9.17) is 0 Å². The highest BCUT2D eigenvalue weighted by Gasteiger charge is 2.28. The molecule has 1 aromatic heterocycles. The number of benzene rings is 2. The minimum absolute atomic E-state index is 0.260. The van der Waals surface area contributed by atoms with Crippen molar-refractivity contribution in [3.05, 3.63) is 87.9 Å². The molecule has 0 saturated heterocycles. The number of rotatable bonds is 3. The summed E-state index contributed by atoms with van der Waals surface area (Å²) in [6.07, 6.45) is -1.18. The summed E-state index contributed by atoms with van der Waals surface area (Å²) in [6.45, 7) is 0. The maximum Gasteiger partial charge on any atom is 0.269 e. The molecule has 1 unspecified atom stereocenters. The first-order chi connectivity index (χ1) is 13.1. The molecular formula is C20H14FN3O2S. The fraction of sp³-hybridized carbons (Fsp3) is 0.0500. The van der Waals surface area contributed by atoms with Crippen LogP contribution in [0, 0.1) is 5.82 Å². The van der Waals surface area contributed by atoms with Gasteiger partial charge < -0.3 is 10.6 Å². The number of fused-ring (bicyclic) bond motifs is 1. The number of thiophene rings is 1. The van der Waals surface area contributed by atoms with Crippen LogP contribution in [0.15, 0.2) is 70.3 Å². The fourth-order valence-corrected chi connectivity index (χ4v) is 3.46. The van der Waals surface area contributed by atoms with E-state index < -0.39 is 23.8 Å². The summed E-state index contributed by atoms with van der Waals surface area (Å²) in [5, 5.41) is 8.82. The Hall–Kier alpha value is -3.32. The van der Waals surface area contributed by atoms with Crippen molar-refractivity contribution >= 4 is 34.6 Å². The number of hydrogen-bond acceptors (Lipinski definition) is 4. The van der Waals surface area contributed by atoms with Crippen molar-refractivity contribution in [3.8, 4) is 0 Å². The van der Waals surface area contributed by atoms with Crippen LogP contribution in [0.25, 0.3) is 0 Å². The smallest absolute Gasteiger partial charge is 0.269 e. The molecule has 0 radical (unpaired) electrons. The van der Waals surface area contributed by atoms with Gasteiger partial charge in [-0.3, -0.25) is 9.59 Å². The number of aliphatic imine (C=N–C) groups is 1. The third-order valence-corrected chi connectivity index (χ3v) is 4.81. The van der Waals surface area contributed by atoms with Crippen LogP contribution < -0.4 is 10.6 Å². The van der Waals surface area contributed by atoms with Gasteiger partial charge in [0.15, 0.2) is 0 Å². The lowest BCUT2D eigenvalue weighted by Gasteiger charge is -2.13. The Balaban J connectivity index is 1.79. The van der Waals surface area contributed by atoms with E-state index in [-0.39, 0.29) is 5.56 Å². The highest BCUT2D eigenvalue weighted by Crippen LogP contribution is 2.25. The Labute approximate surface area is 158 Å². The molecule has 0 spiro atoms. The van der Waals surface area contributed by atoms with Crippen LogP contribution in [0.1, 0.15) is 21.5 Å². The maximum absolute atomic E-state index is 14.4. The highest BCUT2D eigenvalue weighted by molar-refractivity contribution is 7.08. The number of para-hydroxylation sites is 1. The molecule has 2 amide bonds. The standard InChI is InChI=1S/C20H14FN3O2S/c21-15-7-3-1-5-13(15)17-14-6-2-4-8-16(14)22-20(26)18(23-17)24-19(25)12-9-10-27-11-12/h1-11,18H,(H,22,26)(H,24,25). The van der Waals surface area contributed by atoms with Crippen LogP contribution in [0.5, 0.6) is 0 Å². The van der Waals surface area contributed by atoms with Crippen molar-refractivity contribution in [2.24, 2.45) is 4.99 Å². The molecule has 0 fully saturated rings. The zero-order chi connectivity index (χ0) is 18.8. The van der Waals surface area contributed by atoms with Crippen molar-refractivity contribution < 1.29 is 14.0 Å². The Morgan fingerprint density at radius 3 is 2.56 bits per heavy atom. The Kier molecular flexibility index (Phi) is 4.52. The van der Waals surface area contributed by atoms with Gasteiger partial charge in [-0.1, -0.05) is 30.3 Å². The highest BCUT2D eigenvalue weighted by atomic mass is 32.1. The van der Waals surface area contributed by atoms with E-state index in [0.29, 0.717) is 22.5 Å². The predicted molar refractivity (Wildman–Crippen MR) is 103 cm³/mol. The van der Waals surface area contributed by atoms with Crippen molar-refractivity contribution in [1.29, 1.82) is 0 Å². The normalized spacial score (nSPS) is 16.0. The SMILES string of the molecule is O=C(NC1N=C(c2ccccc2F)c2ccccc2NC1=O)c1ccsc1. The van der Waals surface area contributed by atoms with E-state index in [2.05, 4.69) is 15.6 Å². The summed E-state index contributed by atoms with van der Waals surface area (Å²) in [6, 6.07) is 14.9. The first-order valence-corrected chi connectivity index (χ1v) is 9.14. The molecule has 0 bridgehead atoms. The number of nitrogens with zero attached hydrogens (tertiary/aromatic N) is 1. The molecule has 2 N–H and O–H groups in total. The number of benzodiazepines with no additional fused rings is 1. The Bertz CT molecular complexity index is 1050. The van der Waals surface area contributed by atoms with Gasteiger partial charge in [0.25, 0.3) is 11.8 Å². The van der Waals surface area contributed by atoms with Crippen LogP contribution in [0.2, 0.25) is 0 Å². The molecule has 2 aromatic carbocycles. The van der Waals surface area contributed by atoms with Gasteiger partial charge in [-0.15, -0.1) is 0 Å². The first kappa shape index (κ1) is 17.1. The molecule has 7 heteroatoms. The van der Waals surface area contributed by atoms with Crippen LogP contribution in [0.4, 0.5) is 10.1 Å². The molecular weight excluding hydrogens is 365 g/mol. The molecule has 27 heavy (non-hydrogen) atoms. The molecule has 5 nitrogen and oxygen atoms in total. The van der Waals surface area contributed by atoms with Crippen molar-refractivity contribution in [3.63, 3.8) is 0 Å². The quantitative estimate of drug-likeness (QED) is 0.732. The molecule has 3 aromatic rings. The summed E-state index contributed by atoms with van der Waals surface area (Å²) in [5.74, 6) is -1.36. The lowest BCUT2D eigenvalue weighted by atomic mass is 10.0. The molecule has 0 aliphatic carbocycles. The molecule has 0 saturated carbocycles. The zero-order valence-corrected chi connectivity index (χ0v) is 14.8. The second-order valence-electron chi connectivity index (χ2n) is 5.88. The molecule has 1 aliphatic rings. The summed E-state index contributed by atoms with van der Waals surface area (Å²) in [7, 11) is 0. The van der Waals surface area contributed by atoms with Gasteiger partial charge in [0.2, 0.25) is 6.17 Å². The van der Waals surface area contributed by atoms with Gasteiger partial charge in [-0.05, 0) is 29.6 Å². The van der Waals surface area contributed by atoms with Gasteiger partial charge in [0.1, 0.15) is 5.82 Å². The number of nitrogens with one attached hydrogen (secondary N) is 2. The summed E-state index contributed by atoms with van der Waals surface area (Å²) in [5.41, 5.74) is 2.10. The first-order valence-electron chi connectivity index (χ1n) is 8.19. The van der Waals surface area contributed by atoms with E-state index in [1.807, 2.05) is 0 Å². The third-order valence-electron chi connectivity index (χ3n) is 4.13. The molecule has 4 rings (SSSR count). The molecule has 134 valence electrons. The molecule has 1 aliphatic heterocycles. The van der Waals surface area contributed by atoms with Crippen LogP contribution in [-0.4, -0.2) is 23.7 Å². The topological polar surface area (TPSA) is 70.6 Å². The largest absolute Gasteiger partial charge is 0.322 e. The second kappa shape index (κ2) is 7.13. The number of carbonyl (C=O) groups is 2. The number of hydrogen-bond donors (Lipinski definition) is 2. The maximum atomic E-state index is 14.4. The average Bonchev–Trinajstić information content (AvgIpc) is 3.17. The van der Waals surface area contributed by atoms with E-state index >= 15 is 0 Å². The van der Waals surface area contributed by atoms with Crippen LogP contribution >= 0.6 is 11.3 Å². The number of amides is 2. The lowest BCUT2D eigenvalue weighted by molar-refractivity contribution is -0.117. The summed E-state index contributed by atoms with van der Waals surface area (Å²) < 4.78 is 14.4. The minimum Gasteiger partial charge on any atom is -0.322 e. The van der Waals surface area contributed by atoms with E-state index in [1.165, 1.54) is 17.4 Å². The second-order valence-corrected chi connectivity index (χ2v) is 6.66. The van der Waals surface area contributed by atoms with Crippen LogP contribution in [-0.2, 0) is 4.79 Å². The van der Waals surface area contributed by atoms with Gasteiger partial charge in [-0.2, -0.15) is 11.3 Å². The number of carbonyl (C=O) groups excluding carboxylic acids is 2. The predicted octanol–water partition coefficient (Wildman–Crippen LogP) is 3.43. The van der Waals surface area contributed by atoms with E-state index in [1.54, 1.807) is 59.3 Å². The van der Waals surface area contributed by atoms with E-state index in [0.717, 1.165) is 0 Å². The zero-order valence-electron chi connectivity index (χ0n) is 14.0. The monoisotopic (exact) mass is 379 g/mol. The average molecular weight is 379 g/mol. The minimum atomic E-state index is -1.18. The van der Waals surface area contributed by atoms with Gasteiger partial charge in [-0.25, -0.2) is 9.38 Å². The van der Waals surface area contributed by atoms with Crippen LogP contribution in [0.3, 0.4) is 0 Å². The summed E-state index contributed by atoms with van der Waals surface area (Å²) in [4.78, 5) is 29.4. The fourth-order valence-electron chi connectivity index (χ4n) is 2.82. The van der Waals surface area contributed by atoms with Crippen molar-refractivity contribution in [2.45, 2.75) is 6.17 Å². The van der Waals surface area contributed by atoms with Gasteiger partial charge in [0.05, 0.1) is 17.0 Å². The van der Waals surface area contributed by atoms with Gasteiger partial charge >= 0.3 is 0 Å². The molecule has 1 atom stereocenters. The Morgan fingerprint density at radius 2 is 1.81 bits per heavy atom. The molecule has 2 heterocycles. The lowest BCUT2D eigenvalue weighted by Crippen LogP contribution is -2.42. The number of anilines is 1. The third kappa shape index (κ3) is 3.37. The van der Waals surface area contributed by atoms with Crippen molar-refractivity contribution in [2.75, 3.05) is 5.32 Å².